The summed E-state index contributed by atoms with van der Waals surface area (Å²) in [6.45, 7) is 1.10. The molecule has 0 saturated heterocycles. The topological polar surface area (TPSA) is 24.1 Å². The van der Waals surface area contributed by atoms with Crippen molar-refractivity contribution in [3.05, 3.63) is 54.1 Å². The summed E-state index contributed by atoms with van der Waals surface area (Å²) in [5.74, 6) is 2.30. The van der Waals surface area contributed by atoms with Gasteiger partial charge in [0.1, 0.15) is 0 Å². The Morgan fingerprint density at radius 1 is 0.895 bits per heavy atom. The largest absolute Gasteiger partial charge is 0.383 e. The van der Waals surface area contributed by atoms with Crippen LogP contribution in [-0.2, 0) is 5.75 Å². The summed E-state index contributed by atoms with van der Waals surface area (Å²) in [5, 5.41) is 3.34. The highest BCUT2D eigenvalue weighted by atomic mass is 32.2. The van der Waals surface area contributed by atoms with Crippen LogP contribution in [0.5, 0.6) is 0 Å². The molecule has 0 bridgehead atoms. The molecule has 2 heterocycles. The molecule has 0 saturated carbocycles. The average molecular weight is 288 g/mol. The van der Waals surface area contributed by atoms with E-state index in [0.29, 0.717) is 0 Å². The number of hydrogen-bond acceptors (Lipinski definition) is 4. The molecule has 2 nitrogen and oxygen atoms in total. The predicted molar refractivity (Wildman–Crippen MR) is 87.0 cm³/mol. The summed E-state index contributed by atoms with van der Waals surface area (Å²) < 4.78 is 3.22. The van der Waals surface area contributed by atoms with Crippen LogP contribution < -0.4 is 10.0 Å². The maximum absolute atomic E-state index is 3.34. The zero-order valence-corrected chi connectivity index (χ0v) is 12.2. The van der Waals surface area contributed by atoms with Gasteiger partial charge in [0.25, 0.3) is 0 Å². The van der Waals surface area contributed by atoms with Crippen LogP contribution in [0.15, 0.2) is 53.4 Å². The first kappa shape index (κ1) is 12.8. The number of para-hydroxylation sites is 2. The second-order valence-corrected chi connectivity index (χ2v) is 6.24. The number of benzene rings is 2. The van der Waals surface area contributed by atoms with Crippen molar-refractivity contribution >= 4 is 35.1 Å². The van der Waals surface area contributed by atoms with Crippen LogP contribution in [0.2, 0.25) is 0 Å². The van der Waals surface area contributed by atoms with Gasteiger partial charge >= 0.3 is 0 Å². The fourth-order valence-electron chi connectivity index (χ4n) is 2.02. The van der Waals surface area contributed by atoms with Gasteiger partial charge in [-0.05, 0) is 35.7 Å². The second kappa shape index (κ2) is 6.26. The average Bonchev–Trinajstić information content (AvgIpc) is 2.96. The first-order valence-electron chi connectivity index (χ1n) is 6.35. The van der Waals surface area contributed by atoms with E-state index in [9.17, 15) is 0 Å². The van der Waals surface area contributed by atoms with Gasteiger partial charge in [0.05, 0.1) is 0 Å². The van der Waals surface area contributed by atoms with Gasteiger partial charge in [-0.2, -0.15) is 0 Å². The number of fused-ring (bicyclic) bond motifs is 2. The highest BCUT2D eigenvalue weighted by molar-refractivity contribution is 8.00. The Kier molecular flexibility index (Phi) is 4.20. The predicted octanol–water partition coefficient (Wildman–Crippen LogP) is 4.46. The number of anilines is 2. The van der Waals surface area contributed by atoms with E-state index in [1.807, 2.05) is 11.8 Å². The Bertz CT molecular complexity index is 509. The molecule has 2 N–H and O–H groups in total. The van der Waals surface area contributed by atoms with Crippen molar-refractivity contribution in [3.63, 3.8) is 0 Å². The van der Waals surface area contributed by atoms with Crippen molar-refractivity contribution in [2.75, 3.05) is 22.3 Å². The van der Waals surface area contributed by atoms with E-state index in [2.05, 4.69) is 58.6 Å². The molecule has 4 heteroatoms. The van der Waals surface area contributed by atoms with Crippen LogP contribution >= 0.6 is 23.7 Å². The molecule has 0 atom stereocenters. The zero-order chi connectivity index (χ0) is 12.9. The fourth-order valence-corrected chi connectivity index (χ4v) is 3.75. The summed E-state index contributed by atoms with van der Waals surface area (Å²) in [5.41, 5.74) is 3.99. The highest BCUT2D eigenvalue weighted by Crippen LogP contribution is 2.30. The van der Waals surface area contributed by atoms with E-state index in [1.54, 1.807) is 11.9 Å². The molecule has 2 aromatic carbocycles. The Labute approximate surface area is 122 Å². The molecular formula is C15H16N2S2. The first-order chi connectivity index (χ1) is 9.43. The molecule has 4 rings (SSSR count). The lowest BCUT2D eigenvalue weighted by atomic mass is 10.2. The Morgan fingerprint density at radius 2 is 1.68 bits per heavy atom. The molecule has 0 spiro atoms. The van der Waals surface area contributed by atoms with Crippen molar-refractivity contribution in [1.29, 1.82) is 0 Å². The smallest absolute Gasteiger partial charge is 0.0481 e. The van der Waals surface area contributed by atoms with Crippen molar-refractivity contribution in [2.45, 2.75) is 10.6 Å². The summed E-state index contributed by atoms with van der Waals surface area (Å²) >= 11 is 3.68. The molecule has 0 unspecified atom stereocenters. The number of nitrogens with one attached hydrogen (secondary N) is 2. The maximum atomic E-state index is 3.34. The van der Waals surface area contributed by atoms with Gasteiger partial charge in [0, 0.05) is 34.3 Å². The monoisotopic (exact) mass is 288 g/mol. The van der Waals surface area contributed by atoms with E-state index in [4.69, 9.17) is 0 Å². The van der Waals surface area contributed by atoms with Gasteiger partial charge in [0.15, 0.2) is 0 Å². The molecule has 2 aliphatic rings. The maximum Gasteiger partial charge on any atom is 0.0481 e. The fraction of sp³-hybridized carbons (Fsp3) is 0.200. The van der Waals surface area contributed by atoms with Crippen LogP contribution in [0.1, 0.15) is 5.56 Å². The summed E-state index contributed by atoms with van der Waals surface area (Å²) in [6, 6.07) is 16.8. The minimum Gasteiger partial charge on any atom is -0.383 e. The molecule has 0 amide bonds. The molecule has 0 aromatic heterocycles. The zero-order valence-electron chi connectivity index (χ0n) is 10.6. The first-order valence-corrected chi connectivity index (χ1v) is 8.32. The van der Waals surface area contributed by atoms with E-state index < -0.39 is 0 Å². The molecule has 0 fully saturated rings. The van der Waals surface area contributed by atoms with Gasteiger partial charge in [0.2, 0.25) is 0 Å². The SMILES string of the molecule is c1ccc2c(c1)CSN2.c1ccc2c(c1)NCCS2. The van der Waals surface area contributed by atoms with Crippen molar-refractivity contribution in [1.82, 2.24) is 0 Å². The summed E-state index contributed by atoms with van der Waals surface area (Å²) in [6.07, 6.45) is 0. The quantitative estimate of drug-likeness (QED) is 0.699. The number of thioether (sulfide) groups is 1. The van der Waals surface area contributed by atoms with Crippen LogP contribution in [0.4, 0.5) is 11.4 Å². The molecule has 2 aliphatic heterocycles. The third-order valence-electron chi connectivity index (χ3n) is 2.99. The van der Waals surface area contributed by atoms with Gasteiger partial charge in [-0.3, -0.25) is 0 Å². The molecule has 2 aromatic rings. The Balaban J connectivity index is 0.000000117. The minimum atomic E-state index is 1.10. The van der Waals surface area contributed by atoms with Crippen LogP contribution in [0.25, 0.3) is 0 Å². The molecule has 19 heavy (non-hydrogen) atoms. The number of rotatable bonds is 0. The molecule has 0 aliphatic carbocycles. The Hall–Kier alpha value is -1.26. The Morgan fingerprint density at radius 3 is 2.53 bits per heavy atom. The lowest BCUT2D eigenvalue weighted by Gasteiger charge is -2.16. The standard InChI is InChI=1S/C8H9NS.C7H7NS/c1-2-4-8-7(3-1)9-5-6-10-8;1-2-4-7-6(3-1)5-9-8-7/h1-4,9H,5-6H2;1-4,8H,5H2. The molecule has 0 radical (unpaired) electrons. The lowest BCUT2D eigenvalue weighted by molar-refractivity contribution is 1.17. The highest BCUT2D eigenvalue weighted by Gasteiger charge is 2.07. The van der Waals surface area contributed by atoms with Crippen LogP contribution in [0, 0.1) is 0 Å². The minimum absolute atomic E-state index is 1.10. The lowest BCUT2D eigenvalue weighted by Crippen LogP contribution is -2.09. The summed E-state index contributed by atoms with van der Waals surface area (Å²) in [7, 11) is 0. The van der Waals surface area contributed by atoms with Gasteiger partial charge in [-0.1, -0.05) is 30.3 Å². The van der Waals surface area contributed by atoms with E-state index >= 15 is 0 Å². The van der Waals surface area contributed by atoms with E-state index in [-0.39, 0.29) is 0 Å². The van der Waals surface area contributed by atoms with Crippen LogP contribution in [-0.4, -0.2) is 12.3 Å². The van der Waals surface area contributed by atoms with Crippen molar-refractivity contribution in [3.8, 4) is 0 Å². The van der Waals surface area contributed by atoms with Gasteiger partial charge in [-0.25, -0.2) is 0 Å². The van der Waals surface area contributed by atoms with Crippen molar-refractivity contribution < 1.29 is 0 Å². The van der Waals surface area contributed by atoms with E-state index in [1.165, 1.54) is 27.6 Å². The number of hydrogen-bond donors (Lipinski definition) is 2. The third-order valence-corrected chi connectivity index (χ3v) is 4.88. The van der Waals surface area contributed by atoms with Crippen LogP contribution in [0.3, 0.4) is 0 Å². The summed E-state index contributed by atoms with van der Waals surface area (Å²) in [4.78, 5) is 1.38. The van der Waals surface area contributed by atoms with Gasteiger partial charge < -0.3 is 10.0 Å². The third kappa shape index (κ3) is 3.19. The normalized spacial score (nSPS) is 15.2. The second-order valence-electron chi connectivity index (χ2n) is 4.32. The van der Waals surface area contributed by atoms with E-state index in [0.717, 1.165) is 12.3 Å². The van der Waals surface area contributed by atoms with Crippen molar-refractivity contribution in [2.24, 2.45) is 0 Å². The molecular weight excluding hydrogens is 272 g/mol. The van der Waals surface area contributed by atoms with Gasteiger partial charge in [-0.15, -0.1) is 11.8 Å². The molecule has 98 valence electrons.